The molecule has 0 aromatic carbocycles. The van der Waals surface area contributed by atoms with Crippen molar-refractivity contribution >= 4 is 0 Å². The predicted molar refractivity (Wildman–Crippen MR) is 35.4 cm³/mol. The Morgan fingerprint density at radius 2 is 2.20 bits per heavy atom. The first-order valence-electron chi connectivity index (χ1n) is 4.20. The third-order valence-electron chi connectivity index (χ3n) is 3.15. The van der Waals surface area contributed by atoms with Crippen LogP contribution in [0.1, 0.15) is 19.3 Å². The van der Waals surface area contributed by atoms with Gasteiger partial charge >= 0.3 is 0 Å². The highest BCUT2D eigenvalue weighted by atomic mass is 16.7. The van der Waals surface area contributed by atoms with E-state index in [0.29, 0.717) is 6.10 Å². The van der Waals surface area contributed by atoms with Crippen LogP contribution in [0.4, 0.5) is 0 Å². The van der Waals surface area contributed by atoms with Crippen LogP contribution in [0.5, 0.6) is 0 Å². The van der Waals surface area contributed by atoms with Crippen molar-refractivity contribution in [2.45, 2.75) is 31.7 Å². The highest BCUT2D eigenvalue weighted by Crippen LogP contribution is 2.48. The Bertz CT molecular complexity index is 141. The summed E-state index contributed by atoms with van der Waals surface area (Å²) in [5.41, 5.74) is 0. The average Bonchev–Trinajstić information content (AvgIpc) is 2.40. The second kappa shape index (κ2) is 1.74. The van der Waals surface area contributed by atoms with E-state index >= 15 is 0 Å². The number of hydrogen-bond acceptors (Lipinski definition) is 2. The van der Waals surface area contributed by atoms with Crippen LogP contribution < -0.4 is 0 Å². The molecule has 2 heteroatoms. The van der Waals surface area contributed by atoms with Crippen molar-refractivity contribution < 1.29 is 9.47 Å². The summed E-state index contributed by atoms with van der Waals surface area (Å²) in [6.07, 6.45) is 4.61. The third-order valence-corrected chi connectivity index (χ3v) is 3.15. The lowest BCUT2D eigenvalue weighted by molar-refractivity contribution is -0.207. The normalized spacial score (nSPS) is 57.6. The molecule has 2 nitrogen and oxygen atoms in total. The van der Waals surface area contributed by atoms with Crippen LogP contribution in [0.25, 0.3) is 0 Å². The maximum atomic E-state index is 5.61. The van der Waals surface area contributed by atoms with Crippen molar-refractivity contribution in [1.29, 1.82) is 0 Å². The van der Waals surface area contributed by atoms with Crippen molar-refractivity contribution in [2.24, 2.45) is 11.8 Å². The molecule has 3 fully saturated rings. The molecule has 2 bridgehead atoms. The maximum absolute atomic E-state index is 5.61. The molecule has 0 radical (unpaired) electrons. The first-order chi connectivity index (χ1) is 4.93. The summed E-state index contributed by atoms with van der Waals surface area (Å²) < 4.78 is 11.1. The number of fused-ring (bicyclic) bond motifs is 1. The van der Waals surface area contributed by atoms with Gasteiger partial charge in [0.1, 0.15) is 0 Å². The zero-order valence-electron chi connectivity index (χ0n) is 5.95. The van der Waals surface area contributed by atoms with Crippen molar-refractivity contribution in [3.8, 4) is 0 Å². The van der Waals surface area contributed by atoms with Crippen LogP contribution in [-0.4, -0.2) is 19.0 Å². The maximum Gasteiger partial charge on any atom is 0.161 e. The lowest BCUT2D eigenvalue weighted by Crippen LogP contribution is -2.36. The van der Waals surface area contributed by atoms with Crippen LogP contribution >= 0.6 is 0 Å². The smallest absolute Gasteiger partial charge is 0.161 e. The fraction of sp³-hybridized carbons (Fsp3) is 1.00. The molecule has 1 saturated carbocycles. The van der Waals surface area contributed by atoms with Gasteiger partial charge in [0.2, 0.25) is 0 Å². The summed E-state index contributed by atoms with van der Waals surface area (Å²) in [6.45, 7) is 0.929. The highest BCUT2D eigenvalue weighted by molar-refractivity contribution is 4.93. The van der Waals surface area contributed by atoms with Crippen molar-refractivity contribution in [3.05, 3.63) is 0 Å². The zero-order chi connectivity index (χ0) is 6.55. The first-order valence-corrected chi connectivity index (χ1v) is 4.20. The van der Waals surface area contributed by atoms with Gasteiger partial charge in [0.05, 0.1) is 12.7 Å². The molecule has 2 aliphatic heterocycles. The highest BCUT2D eigenvalue weighted by Gasteiger charge is 2.49. The molecule has 3 rings (SSSR count). The minimum atomic E-state index is 0.192. The summed E-state index contributed by atoms with van der Waals surface area (Å²) in [5.74, 6) is 1.70. The van der Waals surface area contributed by atoms with Crippen LogP contribution in [0.15, 0.2) is 0 Å². The monoisotopic (exact) mass is 140 g/mol. The second-order valence-corrected chi connectivity index (χ2v) is 3.68. The Morgan fingerprint density at radius 1 is 1.20 bits per heavy atom. The molecule has 0 aromatic heterocycles. The van der Waals surface area contributed by atoms with Gasteiger partial charge in [0.25, 0.3) is 0 Å². The topological polar surface area (TPSA) is 18.5 Å². The summed E-state index contributed by atoms with van der Waals surface area (Å²) in [6, 6.07) is 0. The van der Waals surface area contributed by atoms with E-state index in [-0.39, 0.29) is 6.29 Å². The zero-order valence-corrected chi connectivity index (χ0v) is 5.95. The molecule has 0 N–H and O–H groups in total. The molecule has 0 unspecified atom stereocenters. The lowest BCUT2D eigenvalue weighted by atomic mass is 9.90. The fourth-order valence-corrected chi connectivity index (χ4v) is 2.67. The second-order valence-electron chi connectivity index (χ2n) is 3.68. The Balaban J connectivity index is 1.91. The molecule has 2 heterocycles. The van der Waals surface area contributed by atoms with Gasteiger partial charge in [-0.25, -0.2) is 0 Å². The van der Waals surface area contributed by atoms with E-state index in [9.17, 15) is 0 Å². The van der Waals surface area contributed by atoms with Gasteiger partial charge in [-0.3, -0.25) is 0 Å². The molecule has 10 heavy (non-hydrogen) atoms. The SMILES string of the molecule is C1C[C@H]2C[C@@H]3C[C@H]2[C@H](O1)O3. The molecule has 0 amide bonds. The van der Waals surface area contributed by atoms with E-state index in [1.165, 1.54) is 19.3 Å². The molecule has 4 atom stereocenters. The van der Waals surface area contributed by atoms with Crippen LogP contribution in [0.3, 0.4) is 0 Å². The van der Waals surface area contributed by atoms with Gasteiger partial charge in [-0.05, 0) is 25.2 Å². The van der Waals surface area contributed by atoms with Crippen molar-refractivity contribution in [1.82, 2.24) is 0 Å². The molecule has 0 aromatic rings. The molecular formula is C8H12O2. The summed E-state index contributed by atoms with van der Waals surface area (Å²) in [7, 11) is 0. The van der Waals surface area contributed by atoms with Crippen molar-refractivity contribution in [2.75, 3.05) is 6.61 Å². The molecule has 3 aliphatic rings. The van der Waals surface area contributed by atoms with Crippen LogP contribution in [0, 0.1) is 11.8 Å². The van der Waals surface area contributed by atoms with Gasteiger partial charge < -0.3 is 9.47 Å². The van der Waals surface area contributed by atoms with E-state index in [0.717, 1.165) is 18.4 Å². The Kier molecular flexibility index (Phi) is 0.968. The quantitative estimate of drug-likeness (QED) is 0.502. The fourth-order valence-electron chi connectivity index (χ4n) is 2.67. The van der Waals surface area contributed by atoms with Gasteiger partial charge in [-0.15, -0.1) is 0 Å². The van der Waals surface area contributed by atoms with Gasteiger partial charge in [0.15, 0.2) is 6.29 Å². The lowest BCUT2D eigenvalue weighted by Gasteiger charge is -2.34. The standard InChI is InChI=1S/C8H12O2/c1-2-9-8-7-4-6(10-8)3-5(1)7/h5-8H,1-4H2/t5-,6+,7+,8+/m0/s1. The average molecular weight is 140 g/mol. The van der Waals surface area contributed by atoms with E-state index < -0.39 is 0 Å². The number of rotatable bonds is 0. The largest absolute Gasteiger partial charge is 0.352 e. The van der Waals surface area contributed by atoms with Crippen molar-refractivity contribution in [3.63, 3.8) is 0 Å². The van der Waals surface area contributed by atoms with Gasteiger partial charge in [0, 0.05) is 5.92 Å². The van der Waals surface area contributed by atoms with E-state index in [1.807, 2.05) is 0 Å². The van der Waals surface area contributed by atoms with Crippen LogP contribution in [-0.2, 0) is 9.47 Å². The van der Waals surface area contributed by atoms with Crippen LogP contribution in [0.2, 0.25) is 0 Å². The van der Waals surface area contributed by atoms with E-state index in [1.54, 1.807) is 0 Å². The molecule has 0 spiro atoms. The Morgan fingerprint density at radius 3 is 2.90 bits per heavy atom. The molecule has 2 saturated heterocycles. The van der Waals surface area contributed by atoms with Gasteiger partial charge in [-0.1, -0.05) is 0 Å². The third kappa shape index (κ3) is 0.565. The summed E-state index contributed by atoms with van der Waals surface area (Å²) >= 11 is 0. The first kappa shape index (κ1) is 5.56. The molecule has 1 aliphatic carbocycles. The Hall–Kier alpha value is -0.0800. The predicted octanol–water partition coefficient (Wildman–Crippen LogP) is 1.16. The number of hydrogen-bond donors (Lipinski definition) is 0. The minimum Gasteiger partial charge on any atom is -0.352 e. The summed E-state index contributed by atoms with van der Waals surface area (Å²) in [5, 5.41) is 0. The Labute approximate surface area is 60.5 Å². The minimum absolute atomic E-state index is 0.192. The number of ether oxygens (including phenoxy) is 2. The van der Waals surface area contributed by atoms with E-state index in [2.05, 4.69) is 0 Å². The summed E-state index contributed by atoms with van der Waals surface area (Å²) in [4.78, 5) is 0. The molecular weight excluding hydrogens is 128 g/mol. The molecule has 56 valence electrons. The van der Waals surface area contributed by atoms with E-state index in [4.69, 9.17) is 9.47 Å². The van der Waals surface area contributed by atoms with Gasteiger partial charge in [-0.2, -0.15) is 0 Å².